The summed E-state index contributed by atoms with van der Waals surface area (Å²) < 4.78 is 29.7. The predicted molar refractivity (Wildman–Crippen MR) is 117 cm³/mol. The number of sulfonamides is 1. The number of carbonyl (C=O) groups is 2. The smallest absolute Gasteiger partial charge is 0.262 e. The molecule has 30 heavy (non-hydrogen) atoms. The molecule has 0 bridgehead atoms. The Hall–Kier alpha value is -3.07. The number of carbonyl (C=O) groups excluding carboxylic acids is 2. The third-order valence-electron chi connectivity index (χ3n) is 4.50. The van der Waals surface area contributed by atoms with Crippen LogP contribution < -0.4 is 19.7 Å². The minimum Gasteiger partial charge on any atom is -0.484 e. The summed E-state index contributed by atoms with van der Waals surface area (Å²) in [4.78, 5) is 24.7. The van der Waals surface area contributed by atoms with Gasteiger partial charge in [0, 0.05) is 13.1 Å². The van der Waals surface area contributed by atoms with Crippen LogP contribution in [0.4, 0.5) is 11.4 Å². The Labute approximate surface area is 177 Å². The lowest BCUT2D eigenvalue weighted by Gasteiger charge is -2.17. The molecule has 8 nitrogen and oxygen atoms in total. The van der Waals surface area contributed by atoms with E-state index in [0.717, 1.165) is 17.0 Å². The maximum Gasteiger partial charge on any atom is 0.262 e. The zero-order valence-corrected chi connectivity index (χ0v) is 18.3. The molecule has 0 aliphatic carbocycles. The fraction of sp³-hybridized carbons (Fsp3) is 0.333. The number of amides is 2. The molecule has 1 unspecified atom stereocenters. The first-order valence-corrected chi connectivity index (χ1v) is 11.3. The summed E-state index contributed by atoms with van der Waals surface area (Å²) in [6.45, 7) is 3.62. The first kappa shape index (κ1) is 23.2. The third kappa shape index (κ3) is 6.48. The van der Waals surface area contributed by atoms with Crippen LogP contribution in [0.25, 0.3) is 0 Å². The Morgan fingerprint density at radius 1 is 1.10 bits per heavy atom. The van der Waals surface area contributed by atoms with Gasteiger partial charge in [0.25, 0.3) is 11.8 Å². The van der Waals surface area contributed by atoms with Gasteiger partial charge in [-0.25, -0.2) is 8.42 Å². The molecule has 0 saturated carbocycles. The molecule has 2 N–H and O–H groups in total. The molecule has 162 valence electrons. The number of hydrogen-bond donors (Lipinski definition) is 2. The van der Waals surface area contributed by atoms with Crippen molar-refractivity contribution in [1.29, 1.82) is 0 Å². The highest BCUT2D eigenvalue weighted by Crippen LogP contribution is 2.20. The van der Waals surface area contributed by atoms with E-state index in [-0.39, 0.29) is 18.6 Å². The van der Waals surface area contributed by atoms with Gasteiger partial charge in [0.15, 0.2) is 6.61 Å². The minimum absolute atomic E-state index is 0.0225. The van der Waals surface area contributed by atoms with E-state index in [4.69, 9.17) is 4.74 Å². The fourth-order valence-corrected chi connectivity index (χ4v) is 2.98. The first-order valence-electron chi connectivity index (χ1n) is 9.48. The first-order chi connectivity index (χ1) is 14.1. The lowest BCUT2D eigenvalue weighted by atomic mass is 10.1. The molecule has 0 radical (unpaired) electrons. The molecule has 1 atom stereocenters. The second-order valence-corrected chi connectivity index (χ2v) is 8.90. The van der Waals surface area contributed by atoms with Gasteiger partial charge in [-0.05, 0) is 49.7 Å². The van der Waals surface area contributed by atoms with E-state index in [1.807, 2.05) is 13.8 Å². The van der Waals surface area contributed by atoms with E-state index in [1.165, 1.54) is 7.05 Å². The molecular weight excluding hydrogens is 406 g/mol. The zero-order chi connectivity index (χ0) is 22.3. The van der Waals surface area contributed by atoms with E-state index in [0.29, 0.717) is 22.7 Å². The average molecular weight is 434 g/mol. The van der Waals surface area contributed by atoms with Gasteiger partial charge >= 0.3 is 0 Å². The van der Waals surface area contributed by atoms with Crippen molar-refractivity contribution >= 4 is 33.2 Å². The molecule has 2 rings (SSSR count). The van der Waals surface area contributed by atoms with Gasteiger partial charge in [-0.3, -0.25) is 13.9 Å². The van der Waals surface area contributed by atoms with Gasteiger partial charge in [0.2, 0.25) is 10.0 Å². The number of rotatable bonds is 9. The summed E-state index contributed by atoms with van der Waals surface area (Å²) in [6, 6.07) is 13.1. The van der Waals surface area contributed by atoms with Crippen molar-refractivity contribution in [2.75, 3.05) is 29.5 Å². The Morgan fingerprint density at radius 3 is 2.33 bits per heavy atom. The van der Waals surface area contributed by atoms with E-state index < -0.39 is 15.9 Å². The second kappa shape index (κ2) is 10.1. The number of nitrogens with zero attached hydrogens (tertiary/aromatic N) is 1. The van der Waals surface area contributed by atoms with Gasteiger partial charge in [0.05, 0.1) is 23.2 Å². The number of benzene rings is 2. The topological polar surface area (TPSA) is 105 Å². The predicted octanol–water partition coefficient (Wildman–Crippen LogP) is 2.63. The van der Waals surface area contributed by atoms with E-state index in [1.54, 1.807) is 48.5 Å². The van der Waals surface area contributed by atoms with Gasteiger partial charge in [0.1, 0.15) is 5.75 Å². The summed E-state index contributed by atoms with van der Waals surface area (Å²) in [6.07, 6.45) is 1.91. The van der Waals surface area contributed by atoms with Gasteiger partial charge in [-0.2, -0.15) is 0 Å². The van der Waals surface area contributed by atoms with Crippen LogP contribution in [-0.2, 0) is 14.8 Å². The molecule has 2 aromatic carbocycles. The van der Waals surface area contributed by atoms with E-state index in [2.05, 4.69) is 10.6 Å². The van der Waals surface area contributed by atoms with Gasteiger partial charge < -0.3 is 15.4 Å². The molecule has 0 aromatic heterocycles. The molecule has 0 fully saturated rings. The summed E-state index contributed by atoms with van der Waals surface area (Å²) in [5.74, 6) is -0.263. The third-order valence-corrected chi connectivity index (χ3v) is 5.71. The zero-order valence-electron chi connectivity index (χ0n) is 17.5. The highest BCUT2D eigenvalue weighted by Gasteiger charge is 2.15. The lowest BCUT2D eigenvalue weighted by molar-refractivity contribution is -0.118. The number of para-hydroxylation sites is 1. The number of nitrogens with one attached hydrogen (secondary N) is 2. The SMILES string of the molecule is CCC(C)NC(=O)c1ccccc1NC(=O)COc1ccc(N(C)S(C)(=O)=O)cc1. The Morgan fingerprint density at radius 2 is 1.73 bits per heavy atom. The standard InChI is InChI=1S/C21H27N3O5S/c1-5-15(2)22-21(26)18-8-6-7-9-19(18)23-20(25)14-29-17-12-10-16(11-13-17)24(3)30(4,27)28/h6-13,15H,5,14H2,1-4H3,(H,22,26)(H,23,25). The van der Waals surface area contributed by atoms with Crippen LogP contribution in [0, 0.1) is 0 Å². The van der Waals surface area contributed by atoms with Crippen molar-refractivity contribution in [3.63, 3.8) is 0 Å². The largest absolute Gasteiger partial charge is 0.484 e. The summed E-state index contributed by atoms with van der Waals surface area (Å²) in [5.41, 5.74) is 1.26. The normalized spacial score (nSPS) is 12.0. The van der Waals surface area contributed by atoms with Crippen molar-refractivity contribution in [2.24, 2.45) is 0 Å². The molecule has 0 heterocycles. The van der Waals surface area contributed by atoms with Gasteiger partial charge in [-0.15, -0.1) is 0 Å². The van der Waals surface area contributed by atoms with Crippen LogP contribution in [0.3, 0.4) is 0 Å². The van der Waals surface area contributed by atoms with Crippen LogP contribution in [-0.4, -0.2) is 46.2 Å². The van der Waals surface area contributed by atoms with E-state index >= 15 is 0 Å². The number of hydrogen-bond acceptors (Lipinski definition) is 5. The molecule has 0 aliphatic heterocycles. The molecule has 0 spiro atoms. The highest BCUT2D eigenvalue weighted by molar-refractivity contribution is 7.92. The van der Waals surface area contributed by atoms with Crippen LogP contribution in [0.5, 0.6) is 5.75 Å². The number of ether oxygens (including phenoxy) is 1. The van der Waals surface area contributed by atoms with Crippen molar-refractivity contribution in [3.8, 4) is 5.75 Å². The van der Waals surface area contributed by atoms with Crippen LogP contribution >= 0.6 is 0 Å². The van der Waals surface area contributed by atoms with Crippen molar-refractivity contribution in [3.05, 3.63) is 54.1 Å². The molecule has 2 aromatic rings. The average Bonchev–Trinajstić information content (AvgIpc) is 2.71. The molecule has 2 amide bonds. The van der Waals surface area contributed by atoms with E-state index in [9.17, 15) is 18.0 Å². The van der Waals surface area contributed by atoms with Crippen molar-refractivity contribution in [1.82, 2.24) is 5.32 Å². The Bertz CT molecular complexity index is 990. The van der Waals surface area contributed by atoms with Crippen LogP contribution in [0.2, 0.25) is 0 Å². The van der Waals surface area contributed by atoms with Gasteiger partial charge in [-0.1, -0.05) is 19.1 Å². The van der Waals surface area contributed by atoms with Crippen molar-refractivity contribution < 1.29 is 22.7 Å². The fourth-order valence-electron chi connectivity index (χ4n) is 2.47. The Kier molecular flexibility index (Phi) is 7.82. The maximum absolute atomic E-state index is 12.4. The van der Waals surface area contributed by atoms with Crippen LogP contribution in [0.1, 0.15) is 30.6 Å². The summed E-state index contributed by atoms with van der Waals surface area (Å²) >= 11 is 0. The van der Waals surface area contributed by atoms with Crippen LogP contribution in [0.15, 0.2) is 48.5 Å². The number of anilines is 2. The molecule has 0 aliphatic rings. The van der Waals surface area contributed by atoms with Crippen molar-refractivity contribution in [2.45, 2.75) is 26.3 Å². The molecule has 0 saturated heterocycles. The Balaban J connectivity index is 1.98. The quantitative estimate of drug-likeness (QED) is 0.633. The maximum atomic E-state index is 12.4. The highest BCUT2D eigenvalue weighted by atomic mass is 32.2. The lowest BCUT2D eigenvalue weighted by Crippen LogP contribution is -2.33. The molecule has 9 heteroatoms. The summed E-state index contributed by atoms with van der Waals surface area (Å²) in [7, 11) is -1.90. The second-order valence-electron chi connectivity index (χ2n) is 6.89. The molecular formula is C21H27N3O5S. The summed E-state index contributed by atoms with van der Waals surface area (Å²) in [5, 5.41) is 5.56. The minimum atomic E-state index is -3.35. The monoisotopic (exact) mass is 433 g/mol.